The van der Waals surface area contributed by atoms with Crippen molar-refractivity contribution in [3.05, 3.63) is 48.2 Å². The largest absolute Gasteiger partial charge is 0.500 e. The minimum Gasteiger partial charge on any atom is -0.500 e. The molecule has 16 heavy (non-hydrogen) atoms. The number of allylic oxidation sites excluding steroid dienone is 1. The number of ether oxygens (including phenoxy) is 1. The molecule has 0 saturated carbocycles. The minimum atomic E-state index is -4.16. The molecular weight excluding hydrogens is 228 g/mol. The summed E-state index contributed by atoms with van der Waals surface area (Å²) in [4.78, 5) is 0. The highest BCUT2D eigenvalue weighted by Crippen LogP contribution is 2.21. The van der Waals surface area contributed by atoms with Crippen molar-refractivity contribution in [1.82, 2.24) is 0 Å². The summed E-state index contributed by atoms with van der Waals surface area (Å²) in [7, 11) is -4.16. The molecule has 88 valence electrons. The molecule has 0 aliphatic carbocycles. The van der Waals surface area contributed by atoms with Gasteiger partial charge < -0.3 is 4.74 Å². The maximum Gasteiger partial charge on any atom is 0.275 e. The molecule has 0 fully saturated rings. The lowest BCUT2D eigenvalue weighted by Gasteiger charge is -2.13. The van der Waals surface area contributed by atoms with Crippen molar-refractivity contribution < 1.29 is 17.7 Å². The Hall–Kier alpha value is -1.33. The molecule has 0 spiro atoms. The van der Waals surface area contributed by atoms with Crippen LogP contribution < -0.4 is 0 Å². The molecule has 0 radical (unpaired) electrons. The van der Waals surface area contributed by atoms with Crippen LogP contribution >= 0.6 is 0 Å². The van der Waals surface area contributed by atoms with Crippen LogP contribution in [0, 0.1) is 0 Å². The molecule has 1 aromatic rings. The molecule has 0 amide bonds. The molecule has 1 rings (SSSR count). The highest BCUT2D eigenvalue weighted by molar-refractivity contribution is 7.86. The van der Waals surface area contributed by atoms with Gasteiger partial charge in [0.2, 0.25) is 0 Å². The topological polar surface area (TPSA) is 63.6 Å². The first kappa shape index (κ1) is 12.7. The lowest BCUT2D eigenvalue weighted by atomic mass is 10.1. The smallest absolute Gasteiger partial charge is 0.275 e. The zero-order valence-corrected chi connectivity index (χ0v) is 9.72. The van der Waals surface area contributed by atoms with Crippen molar-refractivity contribution >= 4 is 10.1 Å². The number of hydrogen-bond donors (Lipinski definition) is 1. The first-order chi connectivity index (χ1) is 7.55. The average molecular weight is 242 g/mol. The third-order valence-electron chi connectivity index (χ3n) is 2.01. The summed E-state index contributed by atoms with van der Waals surface area (Å²) in [6.45, 7) is 1.65. The Labute approximate surface area is 95.3 Å². The van der Waals surface area contributed by atoms with Crippen LogP contribution in [0.5, 0.6) is 0 Å². The molecule has 1 N–H and O–H groups in total. The van der Waals surface area contributed by atoms with Crippen molar-refractivity contribution in [2.45, 2.75) is 12.2 Å². The van der Waals surface area contributed by atoms with Crippen molar-refractivity contribution in [2.24, 2.45) is 0 Å². The molecule has 0 aliphatic heterocycles. The second kappa shape index (κ2) is 5.67. The predicted molar refractivity (Wildman–Crippen MR) is 61.5 cm³/mol. The van der Waals surface area contributed by atoms with Gasteiger partial charge in [0.05, 0.1) is 6.26 Å². The Morgan fingerprint density at radius 1 is 1.38 bits per heavy atom. The normalized spacial score (nSPS) is 13.9. The van der Waals surface area contributed by atoms with E-state index in [1.165, 1.54) is 6.26 Å². The molecule has 0 saturated heterocycles. The summed E-state index contributed by atoms with van der Waals surface area (Å²) in [5.41, 5.74) is 0.509. The molecule has 1 unspecified atom stereocenters. The summed E-state index contributed by atoms with van der Waals surface area (Å²) < 4.78 is 36.5. The van der Waals surface area contributed by atoms with Crippen LogP contribution in [-0.2, 0) is 14.9 Å². The van der Waals surface area contributed by atoms with Gasteiger partial charge in [0.15, 0.2) is 0 Å². The molecule has 0 bridgehead atoms. The van der Waals surface area contributed by atoms with E-state index in [4.69, 9.17) is 9.29 Å². The van der Waals surface area contributed by atoms with Crippen LogP contribution in [0.15, 0.2) is 42.7 Å². The van der Waals surface area contributed by atoms with E-state index in [1.54, 1.807) is 43.3 Å². The summed E-state index contributed by atoms with van der Waals surface area (Å²) in [6, 6.07) is 8.47. The molecule has 0 heterocycles. The zero-order chi connectivity index (χ0) is 12.0. The molecule has 1 atom stereocenters. The van der Waals surface area contributed by atoms with Gasteiger partial charge >= 0.3 is 0 Å². The van der Waals surface area contributed by atoms with E-state index in [-0.39, 0.29) is 6.61 Å². The van der Waals surface area contributed by atoms with Gasteiger partial charge in [-0.2, -0.15) is 8.42 Å². The Kier molecular flexibility index (Phi) is 4.52. The van der Waals surface area contributed by atoms with Gasteiger partial charge in [0.1, 0.15) is 11.9 Å². The Morgan fingerprint density at radius 2 is 2.00 bits per heavy atom. The lowest BCUT2D eigenvalue weighted by molar-refractivity contribution is 0.243. The molecule has 1 aromatic carbocycles. The van der Waals surface area contributed by atoms with E-state index in [0.29, 0.717) is 5.56 Å². The van der Waals surface area contributed by atoms with E-state index in [9.17, 15) is 8.42 Å². The fraction of sp³-hybridized carbons (Fsp3) is 0.273. The van der Waals surface area contributed by atoms with Gasteiger partial charge in [-0.15, -0.1) is 0 Å². The van der Waals surface area contributed by atoms with Crippen molar-refractivity contribution in [3.8, 4) is 0 Å². The standard InChI is InChI=1S/C11H14O4S/c1-2-8-15-9-11(16(12,13)14)10-6-4-3-5-7-10/h2-8,11H,9H2,1H3,(H,12,13,14). The summed E-state index contributed by atoms with van der Waals surface area (Å²) in [6.07, 6.45) is 3.03. The first-order valence-corrected chi connectivity index (χ1v) is 6.30. The summed E-state index contributed by atoms with van der Waals surface area (Å²) in [5.74, 6) is 0. The van der Waals surface area contributed by atoms with Gasteiger partial charge in [-0.25, -0.2) is 0 Å². The quantitative estimate of drug-likeness (QED) is 0.635. The van der Waals surface area contributed by atoms with Crippen molar-refractivity contribution in [1.29, 1.82) is 0 Å². The molecule has 4 nitrogen and oxygen atoms in total. The van der Waals surface area contributed by atoms with E-state index >= 15 is 0 Å². The number of rotatable bonds is 5. The second-order valence-electron chi connectivity index (χ2n) is 3.22. The van der Waals surface area contributed by atoms with Gasteiger partial charge in [0, 0.05) is 0 Å². The van der Waals surface area contributed by atoms with Gasteiger partial charge in [-0.05, 0) is 12.5 Å². The van der Waals surface area contributed by atoms with Crippen LogP contribution in [0.2, 0.25) is 0 Å². The van der Waals surface area contributed by atoms with E-state index < -0.39 is 15.4 Å². The molecule has 5 heteroatoms. The van der Waals surface area contributed by atoms with Crippen LogP contribution in [-0.4, -0.2) is 19.6 Å². The van der Waals surface area contributed by atoms with Crippen molar-refractivity contribution in [3.63, 3.8) is 0 Å². The maximum absolute atomic E-state index is 11.2. The maximum atomic E-state index is 11.2. The number of benzene rings is 1. The molecule has 0 aliphatic rings. The Balaban J connectivity index is 2.89. The fourth-order valence-corrected chi connectivity index (χ4v) is 2.01. The predicted octanol–water partition coefficient (Wildman–Crippen LogP) is 2.17. The zero-order valence-electron chi connectivity index (χ0n) is 8.91. The minimum absolute atomic E-state index is 0.104. The van der Waals surface area contributed by atoms with Crippen LogP contribution in [0.4, 0.5) is 0 Å². The number of hydrogen-bond acceptors (Lipinski definition) is 3. The van der Waals surface area contributed by atoms with Crippen LogP contribution in [0.1, 0.15) is 17.7 Å². The third-order valence-corrected chi connectivity index (χ3v) is 3.14. The van der Waals surface area contributed by atoms with E-state index in [2.05, 4.69) is 0 Å². The van der Waals surface area contributed by atoms with E-state index in [1.807, 2.05) is 0 Å². The summed E-state index contributed by atoms with van der Waals surface area (Å²) >= 11 is 0. The molecule has 0 aromatic heterocycles. The first-order valence-electron chi connectivity index (χ1n) is 4.79. The van der Waals surface area contributed by atoms with Gasteiger partial charge in [-0.1, -0.05) is 36.4 Å². The second-order valence-corrected chi connectivity index (χ2v) is 4.82. The lowest BCUT2D eigenvalue weighted by Crippen LogP contribution is -2.16. The fourth-order valence-electron chi connectivity index (χ4n) is 1.26. The van der Waals surface area contributed by atoms with Crippen molar-refractivity contribution in [2.75, 3.05) is 6.61 Å². The highest BCUT2D eigenvalue weighted by atomic mass is 32.2. The SMILES string of the molecule is CC=COCC(c1ccccc1)S(=O)(=O)O. The Morgan fingerprint density at radius 3 is 2.50 bits per heavy atom. The monoisotopic (exact) mass is 242 g/mol. The van der Waals surface area contributed by atoms with E-state index in [0.717, 1.165) is 0 Å². The summed E-state index contributed by atoms with van der Waals surface area (Å²) in [5, 5.41) is -1.05. The molecular formula is C11H14O4S. The van der Waals surface area contributed by atoms with Crippen LogP contribution in [0.25, 0.3) is 0 Å². The Bertz CT molecular complexity index is 436. The third kappa shape index (κ3) is 3.67. The van der Waals surface area contributed by atoms with Crippen LogP contribution in [0.3, 0.4) is 0 Å². The average Bonchev–Trinajstić information content (AvgIpc) is 2.24. The van der Waals surface area contributed by atoms with Gasteiger partial charge in [-0.3, -0.25) is 4.55 Å². The highest BCUT2D eigenvalue weighted by Gasteiger charge is 2.25. The van der Waals surface area contributed by atoms with Gasteiger partial charge in [0.25, 0.3) is 10.1 Å².